The van der Waals surface area contributed by atoms with E-state index in [-0.39, 0.29) is 17.2 Å². The summed E-state index contributed by atoms with van der Waals surface area (Å²) in [7, 11) is 0. The topological polar surface area (TPSA) is 75.4 Å². The smallest absolute Gasteiger partial charge is 0.275 e. The van der Waals surface area contributed by atoms with E-state index in [0.29, 0.717) is 17.7 Å². The Balaban J connectivity index is 3.03. The molecule has 0 heterocycles. The first-order valence-electron chi connectivity index (χ1n) is 4.66. The van der Waals surface area contributed by atoms with Crippen LogP contribution in [0.3, 0.4) is 0 Å². The van der Waals surface area contributed by atoms with E-state index >= 15 is 0 Å². The molecule has 0 aliphatic heterocycles. The van der Waals surface area contributed by atoms with Crippen LogP contribution in [0.25, 0.3) is 0 Å². The van der Waals surface area contributed by atoms with Crippen LogP contribution in [0.1, 0.15) is 11.1 Å². The largest absolute Gasteiger partial charge is 0.395 e. The van der Waals surface area contributed by atoms with Crippen molar-refractivity contribution in [2.24, 2.45) is 0 Å². The highest BCUT2D eigenvalue weighted by molar-refractivity contribution is 5.58. The molecule has 82 valence electrons. The van der Waals surface area contributed by atoms with Gasteiger partial charge in [0, 0.05) is 23.4 Å². The second-order valence-electron chi connectivity index (χ2n) is 3.37. The monoisotopic (exact) mass is 210 g/mol. The molecule has 0 aromatic heterocycles. The number of nitro groups is 1. The number of nitrogens with zero attached hydrogens (tertiary/aromatic N) is 1. The molecule has 2 N–H and O–H groups in total. The average Bonchev–Trinajstić information content (AvgIpc) is 2.12. The molecule has 5 heteroatoms. The number of aliphatic hydroxyl groups is 1. The van der Waals surface area contributed by atoms with Crippen molar-refractivity contribution in [2.75, 3.05) is 18.5 Å². The summed E-state index contributed by atoms with van der Waals surface area (Å²) in [6.45, 7) is 3.89. The number of benzene rings is 1. The number of aryl methyl sites for hydroxylation is 2. The zero-order valence-corrected chi connectivity index (χ0v) is 8.78. The number of nitrogens with one attached hydrogen (secondary N) is 1. The van der Waals surface area contributed by atoms with Crippen LogP contribution in [-0.4, -0.2) is 23.2 Å². The summed E-state index contributed by atoms with van der Waals surface area (Å²) in [5, 5.41) is 22.3. The lowest BCUT2D eigenvalue weighted by atomic mass is 10.1. The van der Waals surface area contributed by atoms with Gasteiger partial charge in [-0.25, -0.2) is 0 Å². The number of hydrogen-bond donors (Lipinski definition) is 2. The first kappa shape index (κ1) is 11.5. The van der Waals surface area contributed by atoms with E-state index in [2.05, 4.69) is 5.32 Å². The molecular weight excluding hydrogens is 196 g/mol. The Hall–Kier alpha value is -1.62. The van der Waals surface area contributed by atoms with Crippen molar-refractivity contribution in [3.05, 3.63) is 33.4 Å². The molecule has 0 aliphatic rings. The van der Waals surface area contributed by atoms with Crippen LogP contribution in [0.15, 0.2) is 12.1 Å². The Morgan fingerprint density at radius 2 is 1.93 bits per heavy atom. The molecule has 0 fully saturated rings. The summed E-state index contributed by atoms with van der Waals surface area (Å²) in [4.78, 5) is 10.3. The summed E-state index contributed by atoms with van der Waals surface area (Å²) < 4.78 is 0. The number of aliphatic hydroxyl groups excluding tert-OH is 1. The first-order chi connectivity index (χ1) is 7.06. The molecule has 1 aromatic carbocycles. The third-order valence-electron chi connectivity index (χ3n) is 2.11. The SMILES string of the molecule is Cc1cc(NCCO)cc(C)c1[N+](=O)[O-]. The third-order valence-corrected chi connectivity index (χ3v) is 2.11. The Bertz CT molecular complexity index is 354. The molecule has 0 spiro atoms. The van der Waals surface area contributed by atoms with Crippen molar-refractivity contribution in [1.82, 2.24) is 0 Å². The highest BCUT2D eigenvalue weighted by Gasteiger charge is 2.14. The van der Waals surface area contributed by atoms with Crippen molar-refractivity contribution in [2.45, 2.75) is 13.8 Å². The van der Waals surface area contributed by atoms with Crippen molar-refractivity contribution in [3.63, 3.8) is 0 Å². The van der Waals surface area contributed by atoms with Crippen molar-refractivity contribution in [3.8, 4) is 0 Å². The fraction of sp³-hybridized carbons (Fsp3) is 0.400. The fourth-order valence-corrected chi connectivity index (χ4v) is 1.55. The lowest BCUT2D eigenvalue weighted by molar-refractivity contribution is -0.386. The predicted molar refractivity (Wildman–Crippen MR) is 58.1 cm³/mol. The van der Waals surface area contributed by atoms with E-state index in [0.717, 1.165) is 5.69 Å². The lowest BCUT2D eigenvalue weighted by Crippen LogP contribution is -2.06. The van der Waals surface area contributed by atoms with Crippen molar-refractivity contribution >= 4 is 11.4 Å². The number of rotatable bonds is 4. The van der Waals surface area contributed by atoms with E-state index in [9.17, 15) is 10.1 Å². The van der Waals surface area contributed by atoms with E-state index in [4.69, 9.17) is 5.11 Å². The quantitative estimate of drug-likeness (QED) is 0.584. The van der Waals surface area contributed by atoms with Gasteiger partial charge in [0.2, 0.25) is 0 Å². The van der Waals surface area contributed by atoms with Crippen LogP contribution >= 0.6 is 0 Å². The maximum absolute atomic E-state index is 10.7. The maximum Gasteiger partial charge on any atom is 0.275 e. The number of anilines is 1. The molecule has 1 rings (SSSR count). The zero-order chi connectivity index (χ0) is 11.4. The third kappa shape index (κ3) is 2.66. The minimum atomic E-state index is -0.375. The van der Waals surface area contributed by atoms with Gasteiger partial charge in [0.1, 0.15) is 0 Å². The molecule has 5 nitrogen and oxygen atoms in total. The zero-order valence-electron chi connectivity index (χ0n) is 8.78. The number of hydrogen-bond acceptors (Lipinski definition) is 4. The van der Waals surface area contributed by atoms with Crippen LogP contribution in [0.4, 0.5) is 11.4 Å². The summed E-state index contributed by atoms with van der Waals surface area (Å²) >= 11 is 0. The predicted octanol–water partition coefficient (Wildman–Crippen LogP) is 1.62. The molecule has 0 bridgehead atoms. The Labute approximate surface area is 87.9 Å². The molecule has 0 unspecified atom stereocenters. The Kier molecular flexibility index (Phi) is 3.62. The van der Waals surface area contributed by atoms with Gasteiger partial charge in [-0.3, -0.25) is 10.1 Å². The Morgan fingerprint density at radius 3 is 2.33 bits per heavy atom. The molecule has 15 heavy (non-hydrogen) atoms. The van der Waals surface area contributed by atoms with Gasteiger partial charge in [-0.2, -0.15) is 0 Å². The van der Waals surface area contributed by atoms with Gasteiger partial charge in [0.15, 0.2) is 0 Å². The van der Waals surface area contributed by atoms with E-state index in [1.54, 1.807) is 26.0 Å². The van der Waals surface area contributed by atoms with Crippen LogP contribution in [0, 0.1) is 24.0 Å². The first-order valence-corrected chi connectivity index (χ1v) is 4.66. The molecule has 0 saturated carbocycles. The summed E-state index contributed by atoms with van der Waals surface area (Å²) in [6.07, 6.45) is 0. The minimum Gasteiger partial charge on any atom is -0.395 e. The van der Waals surface area contributed by atoms with Gasteiger partial charge in [0.05, 0.1) is 11.5 Å². The van der Waals surface area contributed by atoms with Gasteiger partial charge < -0.3 is 10.4 Å². The lowest BCUT2D eigenvalue weighted by Gasteiger charge is -2.07. The van der Waals surface area contributed by atoms with Crippen LogP contribution in [0.5, 0.6) is 0 Å². The summed E-state index contributed by atoms with van der Waals surface area (Å²) in [5.74, 6) is 0. The van der Waals surface area contributed by atoms with Gasteiger partial charge in [-0.1, -0.05) is 0 Å². The molecule has 0 amide bonds. The Morgan fingerprint density at radius 1 is 1.40 bits per heavy atom. The van der Waals surface area contributed by atoms with Gasteiger partial charge in [-0.15, -0.1) is 0 Å². The minimum absolute atomic E-state index is 0.0368. The van der Waals surface area contributed by atoms with E-state index in [1.165, 1.54) is 0 Å². The van der Waals surface area contributed by atoms with Gasteiger partial charge in [0.25, 0.3) is 5.69 Å². The molecule has 1 aromatic rings. The maximum atomic E-state index is 10.7. The van der Waals surface area contributed by atoms with E-state index in [1.807, 2.05) is 0 Å². The fourth-order valence-electron chi connectivity index (χ4n) is 1.55. The summed E-state index contributed by atoms with van der Waals surface area (Å²) in [5.41, 5.74) is 2.20. The average molecular weight is 210 g/mol. The second-order valence-corrected chi connectivity index (χ2v) is 3.37. The molecule has 0 aliphatic carbocycles. The highest BCUT2D eigenvalue weighted by atomic mass is 16.6. The molecular formula is C10H14N2O3. The molecule has 0 radical (unpaired) electrons. The van der Waals surface area contributed by atoms with Gasteiger partial charge >= 0.3 is 0 Å². The highest BCUT2D eigenvalue weighted by Crippen LogP contribution is 2.26. The normalized spacial score (nSPS) is 10.1. The second kappa shape index (κ2) is 4.75. The summed E-state index contributed by atoms with van der Waals surface area (Å²) in [6, 6.07) is 3.42. The number of nitro benzene ring substituents is 1. The standard InChI is InChI=1S/C10H14N2O3/c1-7-5-9(11-3-4-13)6-8(2)10(7)12(14)15/h5-6,11,13H,3-4H2,1-2H3. The van der Waals surface area contributed by atoms with Gasteiger partial charge in [-0.05, 0) is 26.0 Å². The molecule has 0 saturated heterocycles. The van der Waals surface area contributed by atoms with Crippen LogP contribution < -0.4 is 5.32 Å². The van der Waals surface area contributed by atoms with Crippen LogP contribution in [0.2, 0.25) is 0 Å². The molecule has 0 atom stereocenters. The van der Waals surface area contributed by atoms with Crippen molar-refractivity contribution in [1.29, 1.82) is 0 Å². The van der Waals surface area contributed by atoms with Crippen molar-refractivity contribution < 1.29 is 10.0 Å². The van der Waals surface area contributed by atoms with E-state index < -0.39 is 0 Å². The van der Waals surface area contributed by atoms with Crippen LogP contribution in [-0.2, 0) is 0 Å².